The first-order chi connectivity index (χ1) is 8.25. The Kier molecular flexibility index (Phi) is 1.94. The van der Waals surface area contributed by atoms with E-state index in [4.69, 9.17) is 5.11 Å². The number of aromatic amines is 1. The lowest BCUT2D eigenvalue weighted by Crippen LogP contribution is -1.95. The van der Waals surface area contributed by atoms with E-state index in [1.165, 1.54) is 6.07 Å². The summed E-state index contributed by atoms with van der Waals surface area (Å²) in [6.45, 7) is 0. The fourth-order valence-electron chi connectivity index (χ4n) is 1.68. The first kappa shape index (κ1) is 9.59. The lowest BCUT2D eigenvalue weighted by atomic mass is 10.3. The fourth-order valence-corrected chi connectivity index (χ4v) is 1.68. The number of rotatable bonds is 2. The van der Waals surface area contributed by atoms with Crippen LogP contribution in [0.3, 0.4) is 0 Å². The number of nitrogens with zero attached hydrogens (tertiary/aromatic N) is 3. The van der Waals surface area contributed by atoms with Crippen LogP contribution < -0.4 is 0 Å². The molecule has 0 spiro atoms. The topological polar surface area (TPSA) is 83.3 Å². The van der Waals surface area contributed by atoms with Gasteiger partial charge in [0.2, 0.25) is 0 Å². The van der Waals surface area contributed by atoms with Crippen LogP contribution in [0.15, 0.2) is 36.7 Å². The van der Waals surface area contributed by atoms with Gasteiger partial charge in [-0.05, 0) is 12.1 Å². The monoisotopic (exact) mass is 228 g/mol. The minimum atomic E-state index is -1.03. The maximum atomic E-state index is 10.8. The number of aromatic carboxylic acids is 1. The molecule has 3 aromatic rings. The molecule has 0 aliphatic heterocycles. The van der Waals surface area contributed by atoms with Crippen molar-refractivity contribution in [1.82, 2.24) is 19.6 Å². The summed E-state index contributed by atoms with van der Waals surface area (Å²) < 4.78 is 1.85. The molecule has 6 heteroatoms. The minimum absolute atomic E-state index is 0.0610. The normalized spacial score (nSPS) is 10.8. The quantitative estimate of drug-likeness (QED) is 0.694. The molecule has 0 unspecified atom stereocenters. The number of aromatic nitrogens is 4. The molecule has 3 heterocycles. The molecule has 0 aliphatic rings. The van der Waals surface area contributed by atoms with Crippen molar-refractivity contribution in [3.05, 3.63) is 42.4 Å². The van der Waals surface area contributed by atoms with Gasteiger partial charge in [-0.25, -0.2) is 9.78 Å². The van der Waals surface area contributed by atoms with E-state index >= 15 is 0 Å². The molecular formula is C11H8N4O2. The number of hydrogen-bond acceptors (Lipinski definition) is 3. The van der Waals surface area contributed by atoms with Gasteiger partial charge < -0.3 is 5.11 Å². The summed E-state index contributed by atoms with van der Waals surface area (Å²) >= 11 is 0. The van der Waals surface area contributed by atoms with Gasteiger partial charge in [-0.1, -0.05) is 6.07 Å². The highest BCUT2D eigenvalue weighted by atomic mass is 16.4. The Morgan fingerprint density at radius 2 is 2.29 bits per heavy atom. The van der Waals surface area contributed by atoms with E-state index in [2.05, 4.69) is 15.2 Å². The molecular weight excluding hydrogens is 220 g/mol. The number of hydrogen-bond donors (Lipinski definition) is 2. The maximum absolute atomic E-state index is 10.8. The van der Waals surface area contributed by atoms with E-state index in [1.54, 1.807) is 6.20 Å². The summed E-state index contributed by atoms with van der Waals surface area (Å²) in [6, 6.07) is 7.12. The molecule has 0 aliphatic carbocycles. The highest BCUT2D eigenvalue weighted by Gasteiger charge is 2.12. The zero-order chi connectivity index (χ0) is 11.8. The smallest absolute Gasteiger partial charge is 0.353 e. The van der Waals surface area contributed by atoms with Gasteiger partial charge in [0.05, 0.1) is 11.9 Å². The predicted octanol–water partition coefficient (Wildman–Crippen LogP) is 1.42. The Morgan fingerprint density at radius 1 is 1.41 bits per heavy atom. The second kappa shape index (κ2) is 3.44. The van der Waals surface area contributed by atoms with Crippen molar-refractivity contribution in [2.24, 2.45) is 0 Å². The van der Waals surface area contributed by atoms with Crippen LogP contribution in [0.1, 0.15) is 10.5 Å². The Morgan fingerprint density at radius 3 is 3.06 bits per heavy atom. The molecule has 0 bridgehead atoms. The van der Waals surface area contributed by atoms with Crippen LogP contribution in [-0.2, 0) is 0 Å². The Bertz CT molecular complexity index is 698. The number of fused-ring (bicyclic) bond motifs is 1. The van der Waals surface area contributed by atoms with Crippen LogP contribution in [0.4, 0.5) is 0 Å². The summed E-state index contributed by atoms with van der Waals surface area (Å²) in [5.74, 6) is -1.03. The predicted molar refractivity (Wildman–Crippen MR) is 59.7 cm³/mol. The summed E-state index contributed by atoms with van der Waals surface area (Å²) in [4.78, 5) is 15.0. The van der Waals surface area contributed by atoms with Crippen LogP contribution in [-0.4, -0.2) is 30.7 Å². The molecule has 0 radical (unpaired) electrons. The van der Waals surface area contributed by atoms with Crippen molar-refractivity contribution in [3.8, 4) is 11.4 Å². The number of H-pyrrole nitrogens is 1. The van der Waals surface area contributed by atoms with Crippen LogP contribution in [0.25, 0.3) is 17.0 Å². The first-order valence-corrected chi connectivity index (χ1v) is 4.97. The average Bonchev–Trinajstić information content (AvgIpc) is 2.95. The molecule has 0 amide bonds. The molecule has 3 aromatic heterocycles. The summed E-state index contributed by atoms with van der Waals surface area (Å²) in [6.07, 6.45) is 3.52. The average molecular weight is 228 g/mol. The number of carboxylic acid groups (broad SMARTS) is 1. The molecule has 0 aromatic carbocycles. The van der Waals surface area contributed by atoms with Crippen molar-refractivity contribution >= 4 is 11.6 Å². The summed E-state index contributed by atoms with van der Waals surface area (Å²) in [5, 5.41) is 15.2. The van der Waals surface area contributed by atoms with E-state index in [1.807, 2.05) is 28.8 Å². The third-order valence-electron chi connectivity index (χ3n) is 2.49. The van der Waals surface area contributed by atoms with Crippen molar-refractivity contribution in [2.75, 3.05) is 0 Å². The van der Waals surface area contributed by atoms with Crippen molar-refractivity contribution in [2.45, 2.75) is 0 Å². The van der Waals surface area contributed by atoms with Gasteiger partial charge in [0.25, 0.3) is 0 Å². The second-order valence-electron chi connectivity index (χ2n) is 3.54. The molecule has 0 atom stereocenters. The van der Waals surface area contributed by atoms with Gasteiger partial charge in [0, 0.05) is 12.3 Å². The Balaban J connectivity index is 2.17. The van der Waals surface area contributed by atoms with E-state index < -0.39 is 5.97 Å². The zero-order valence-corrected chi connectivity index (χ0v) is 8.66. The van der Waals surface area contributed by atoms with E-state index in [0.717, 1.165) is 11.3 Å². The molecule has 2 N–H and O–H groups in total. The SMILES string of the molecule is O=C(O)c1cc(-c2cnc3ccccn23)n[nH]1. The lowest BCUT2D eigenvalue weighted by Gasteiger charge is -1.96. The van der Waals surface area contributed by atoms with Crippen molar-refractivity contribution in [3.63, 3.8) is 0 Å². The van der Waals surface area contributed by atoms with Crippen LogP contribution in [0, 0.1) is 0 Å². The van der Waals surface area contributed by atoms with Gasteiger partial charge >= 0.3 is 5.97 Å². The molecule has 0 saturated carbocycles. The third-order valence-corrected chi connectivity index (χ3v) is 2.49. The number of imidazole rings is 1. The third kappa shape index (κ3) is 1.46. The highest BCUT2D eigenvalue weighted by Crippen LogP contribution is 2.19. The summed E-state index contributed by atoms with van der Waals surface area (Å²) in [7, 11) is 0. The minimum Gasteiger partial charge on any atom is -0.477 e. The molecule has 84 valence electrons. The number of pyridine rings is 1. The largest absolute Gasteiger partial charge is 0.477 e. The van der Waals surface area contributed by atoms with E-state index in [0.29, 0.717) is 5.69 Å². The van der Waals surface area contributed by atoms with Gasteiger partial charge in [-0.3, -0.25) is 9.50 Å². The lowest BCUT2D eigenvalue weighted by molar-refractivity contribution is 0.0690. The molecule has 3 rings (SSSR count). The standard InChI is InChI=1S/C11H8N4O2/c16-11(17)8-5-7(13-14-8)9-6-12-10-3-1-2-4-15(9)10/h1-6H,(H,13,14)(H,16,17). The Hall–Kier alpha value is -2.63. The highest BCUT2D eigenvalue weighted by molar-refractivity contribution is 5.86. The number of nitrogens with one attached hydrogen (secondary N) is 1. The first-order valence-electron chi connectivity index (χ1n) is 4.97. The second-order valence-corrected chi connectivity index (χ2v) is 3.54. The number of carbonyl (C=O) groups is 1. The molecule has 0 fully saturated rings. The molecule has 17 heavy (non-hydrogen) atoms. The van der Waals surface area contributed by atoms with Crippen molar-refractivity contribution < 1.29 is 9.90 Å². The van der Waals surface area contributed by atoms with Gasteiger partial charge in [-0.15, -0.1) is 0 Å². The zero-order valence-electron chi connectivity index (χ0n) is 8.66. The van der Waals surface area contributed by atoms with E-state index in [9.17, 15) is 4.79 Å². The number of carboxylic acids is 1. The summed E-state index contributed by atoms with van der Waals surface area (Å²) in [5.41, 5.74) is 2.17. The van der Waals surface area contributed by atoms with Gasteiger partial charge in [0.1, 0.15) is 17.0 Å². The Labute approximate surface area is 95.5 Å². The van der Waals surface area contributed by atoms with Crippen LogP contribution in [0.2, 0.25) is 0 Å². The van der Waals surface area contributed by atoms with Gasteiger partial charge in [-0.2, -0.15) is 5.10 Å². The van der Waals surface area contributed by atoms with E-state index in [-0.39, 0.29) is 5.69 Å². The maximum Gasteiger partial charge on any atom is 0.353 e. The van der Waals surface area contributed by atoms with Gasteiger partial charge in [0.15, 0.2) is 0 Å². The molecule has 6 nitrogen and oxygen atoms in total. The van der Waals surface area contributed by atoms with Crippen molar-refractivity contribution in [1.29, 1.82) is 0 Å². The molecule has 0 saturated heterocycles. The van der Waals surface area contributed by atoms with Crippen LogP contribution >= 0.6 is 0 Å². The van der Waals surface area contributed by atoms with Crippen LogP contribution in [0.5, 0.6) is 0 Å². The fraction of sp³-hybridized carbons (Fsp3) is 0.